The van der Waals surface area contributed by atoms with Crippen LogP contribution in [0.1, 0.15) is 85.5 Å². The molecule has 0 aromatic carbocycles. The average molecular weight is 583 g/mol. The molecule has 0 radical (unpaired) electrons. The molecule has 7 atom stereocenters. The van der Waals surface area contributed by atoms with E-state index in [2.05, 4.69) is 19.6 Å². The van der Waals surface area contributed by atoms with E-state index in [4.69, 9.17) is 0 Å². The number of aliphatic hydroxyl groups excluding tert-OH is 3. The van der Waals surface area contributed by atoms with E-state index in [-0.39, 0.29) is 36.0 Å². The zero-order valence-electron chi connectivity index (χ0n) is 23.7. The summed E-state index contributed by atoms with van der Waals surface area (Å²) < 4.78 is 80.8. The van der Waals surface area contributed by atoms with Crippen LogP contribution in [0.15, 0.2) is 35.5 Å². The topological polar surface area (TPSA) is 80.9 Å². The van der Waals surface area contributed by atoms with E-state index in [1.54, 1.807) is 0 Å². The Morgan fingerprint density at radius 2 is 1.65 bits per heavy atom. The van der Waals surface area contributed by atoms with Gasteiger partial charge in [-0.3, -0.25) is 0 Å². The van der Waals surface area contributed by atoms with Crippen LogP contribution in [0.5, 0.6) is 0 Å². The van der Waals surface area contributed by atoms with Crippen molar-refractivity contribution in [3.8, 4) is 0 Å². The van der Waals surface area contributed by atoms with E-state index < -0.39 is 48.1 Å². The number of rotatable bonds is 7. The van der Waals surface area contributed by atoms with Crippen molar-refractivity contribution >= 4 is 0 Å². The molecule has 40 heavy (non-hydrogen) atoms. The van der Waals surface area contributed by atoms with Gasteiger partial charge in [-0.1, -0.05) is 52.0 Å². The van der Waals surface area contributed by atoms with Crippen molar-refractivity contribution in [1.82, 2.24) is 0 Å². The smallest absolute Gasteiger partial charge is 0.393 e. The van der Waals surface area contributed by atoms with Crippen molar-refractivity contribution in [2.75, 3.05) is 0 Å². The second kappa shape index (κ2) is 11.4. The fourth-order valence-corrected chi connectivity index (χ4v) is 7.76. The fourth-order valence-electron chi connectivity index (χ4n) is 7.76. The van der Waals surface area contributed by atoms with Crippen LogP contribution in [0, 0.1) is 28.6 Å². The third kappa shape index (κ3) is 5.92. The molecule has 0 heterocycles. The van der Waals surface area contributed by atoms with Crippen LogP contribution in [0.2, 0.25) is 0 Å². The van der Waals surface area contributed by atoms with Crippen molar-refractivity contribution in [2.45, 2.75) is 122 Å². The number of fused-ring (bicyclic) bond motifs is 1. The minimum absolute atomic E-state index is 0.0179. The number of allylic oxidation sites excluding steroid dienone is 3. The molecule has 0 spiro atoms. The SMILES string of the molecule is C=C1/C(=C\C=C2/CCC[C@]3(C)[C@@H]([C@H](C)[C@@H](O)CCC(C)(C)C(O)(C(F)(F)F)C(F)(F)F)CC[C@@H]23)C[C@@H](O)C[C@@H]1O. The van der Waals surface area contributed by atoms with Gasteiger partial charge in [0.2, 0.25) is 0 Å². The van der Waals surface area contributed by atoms with Crippen molar-refractivity contribution in [3.63, 3.8) is 0 Å². The van der Waals surface area contributed by atoms with Gasteiger partial charge in [0.25, 0.3) is 5.60 Å². The molecule has 3 rings (SSSR count). The number of aliphatic hydroxyl groups is 4. The van der Waals surface area contributed by atoms with Crippen LogP contribution in [-0.2, 0) is 0 Å². The molecular weight excluding hydrogens is 538 g/mol. The van der Waals surface area contributed by atoms with Crippen molar-refractivity contribution in [3.05, 3.63) is 35.5 Å². The maximum Gasteiger partial charge on any atom is 0.426 e. The van der Waals surface area contributed by atoms with Gasteiger partial charge in [-0.25, -0.2) is 0 Å². The van der Waals surface area contributed by atoms with E-state index in [9.17, 15) is 46.8 Å². The first kappa shape index (κ1) is 33.1. The summed E-state index contributed by atoms with van der Waals surface area (Å²) >= 11 is 0. The van der Waals surface area contributed by atoms with Crippen LogP contribution >= 0.6 is 0 Å². The predicted octanol–water partition coefficient (Wildman–Crippen LogP) is 6.79. The summed E-state index contributed by atoms with van der Waals surface area (Å²) in [4.78, 5) is 0. The summed E-state index contributed by atoms with van der Waals surface area (Å²) in [5, 5.41) is 41.1. The minimum Gasteiger partial charge on any atom is -0.393 e. The van der Waals surface area contributed by atoms with Crippen LogP contribution < -0.4 is 0 Å². The Balaban J connectivity index is 1.75. The third-order valence-corrected chi connectivity index (χ3v) is 10.4. The Labute approximate surface area is 232 Å². The van der Waals surface area contributed by atoms with Gasteiger partial charge < -0.3 is 20.4 Å². The highest BCUT2D eigenvalue weighted by Crippen LogP contribution is 2.60. The van der Waals surface area contributed by atoms with Gasteiger partial charge in [0, 0.05) is 11.8 Å². The number of alkyl halides is 6. The van der Waals surface area contributed by atoms with Crippen LogP contribution in [0.3, 0.4) is 0 Å². The molecule has 0 saturated heterocycles. The Bertz CT molecular complexity index is 983. The molecule has 3 saturated carbocycles. The molecule has 230 valence electrons. The van der Waals surface area contributed by atoms with Crippen LogP contribution in [0.4, 0.5) is 26.3 Å². The summed E-state index contributed by atoms with van der Waals surface area (Å²) in [7, 11) is 0. The van der Waals surface area contributed by atoms with Gasteiger partial charge in [-0.05, 0) is 85.7 Å². The molecular formula is C30H44F6O4. The molecule has 10 heteroatoms. The summed E-state index contributed by atoms with van der Waals surface area (Å²) in [5.74, 6) is -0.136. The quantitative estimate of drug-likeness (QED) is 0.249. The molecule has 0 aromatic heterocycles. The molecule has 0 bridgehead atoms. The summed E-state index contributed by atoms with van der Waals surface area (Å²) in [6, 6.07) is 0. The highest BCUT2D eigenvalue weighted by molar-refractivity contribution is 5.38. The molecule has 3 aliphatic carbocycles. The van der Waals surface area contributed by atoms with E-state index in [0.29, 0.717) is 12.0 Å². The zero-order chi connectivity index (χ0) is 30.5. The zero-order valence-corrected chi connectivity index (χ0v) is 23.7. The molecule has 4 nitrogen and oxygen atoms in total. The largest absolute Gasteiger partial charge is 0.426 e. The summed E-state index contributed by atoms with van der Waals surface area (Å²) in [6.07, 6.45) is -6.39. The monoisotopic (exact) mass is 582 g/mol. The van der Waals surface area contributed by atoms with Gasteiger partial charge in [0.05, 0.1) is 18.3 Å². The third-order valence-electron chi connectivity index (χ3n) is 10.4. The van der Waals surface area contributed by atoms with Gasteiger partial charge in [-0.15, -0.1) is 0 Å². The van der Waals surface area contributed by atoms with Crippen molar-refractivity contribution in [2.24, 2.45) is 28.6 Å². The molecule has 3 fully saturated rings. The average Bonchev–Trinajstić information content (AvgIpc) is 3.18. The predicted molar refractivity (Wildman–Crippen MR) is 140 cm³/mol. The van der Waals surface area contributed by atoms with Gasteiger partial charge in [0.1, 0.15) is 0 Å². The van der Waals surface area contributed by atoms with Crippen molar-refractivity contribution in [1.29, 1.82) is 0 Å². The first-order chi connectivity index (χ1) is 18.2. The summed E-state index contributed by atoms with van der Waals surface area (Å²) in [6.45, 7) is 9.40. The molecule has 3 aliphatic rings. The van der Waals surface area contributed by atoms with E-state index >= 15 is 0 Å². The normalized spacial score (nSPS) is 34.3. The highest BCUT2D eigenvalue weighted by atomic mass is 19.4. The van der Waals surface area contributed by atoms with E-state index in [1.807, 2.05) is 13.0 Å². The Hall–Kier alpha value is -1.36. The lowest BCUT2D eigenvalue weighted by Gasteiger charge is -2.46. The first-order valence-corrected chi connectivity index (χ1v) is 14.2. The van der Waals surface area contributed by atoms with Gasteiger partial charge in [-0.2, -0.15) is 26.3 Å². The first-order valence-electron chi connectivity index (χ1n) is 14.2. The van der Waals surface area contributed by atoms with E-state index in [0.717, 1.165) is 51.5 Å². The lowest BCUT2D eigenvalue weighted by atomic mass is 9.60. The molecule has 0 aromatic rings. The van der Waals surface area contributed by atoms with Gasteiger partial charge >= 0.3 is 12.4 Å². The minimum atomic E-state index is -5.92. The second-order valence-corrected chi connectivity index (χ2v) is 13.2. The second-order valence-electron chi connectivity index (χ2n) is 13.2. The standard InChI is InChI=1S/C30H44F6O4/c1-17-20(15-21(37)16-25(17)39)9-8-19-7-6-13-27(5)22(10-11-23(19)27)18(2)24(38)12-14-26(3,4)28(40,29(31,32)33)30(34,35)36/h8-9,18,21-25,37-40H,1,6-7,10-16H2,2-5H3/b19-8+,20-9-/t18-,21+,22+,23-,24-,25-,27+/m0/s1. The number of hydrogen-bond acceptors (Lipinski definition) is 4. The lowest BCUT2D eigenvalue weighted by molar-refractivity contribution is -0.400. The van der Waals surface area contributed by atoms with E-state index in [1.165, 1.54) is 5.57 Å². The van der Waals surface area contributed by atoms with Gasteiger partial charge in [0.15, 0.2) is 0 Å². The highest BCUT2D eigenvalue weighted by Gasteiger charge is 2.76. The molecule has 0 unspecified atom stereocenters. The fraction of sp³-hybridized carbons (Fsp3) is 0.800. The van der Waals surface area contributed by atoms with Crippen LogP contribution in [0.25, 0.3) is 0 Å². The van der Waals surface area contributed by atoms with Crippen molar-refractivity contribution < 1.29 is 46.8 Å². The van der Waals surface area contributed by atoms with Crippen LogP contribution in [-0.4, -0.2) is 56.7 Å². The molecule has 4 N–H and O–H groups in total. The maximum absolute atomic E-state index is 13.5. The summed E-state index contributed by atoms with van der Waals surface area (Å²) in [5.41, 5.74) is -5.05. The Morgan fingerprint density at radius 3 is 2.23 bits per heavy atom. The Kier molecular flexibility index (Phi) is 9.43. The molecule has 0 amide bonds. The maximum atomic E-state index is 13.5. The molecule has 0 aliphatic heterocycles. The lowest BCUT2D eigenvalue weighted by Crippen LogP contribution is -2.65. The number of halogens is 6. The Morgan fingerprint density at radius 1 is 1.05 bits per heavy atom. The number of hydrogen-bond donors (Lipinski definition) is 4.